The third-order valence-corrected chi connectivity index (χ3v) is 10.0. The fraction of sp³-hybridized carbons (Fsp3) is 0.394. The molecule has 0 unspecified atom stereocenters. The molecule has 4 atom stereocenters. The first-order valence-corrected chi connectivity index (χ1v) is 16.2. The summed E-state index contributed by atoms with van der Waals surface area (Å²) < 4.78 is 99.3. The Kier molecular flexibility index (Phi) is 8.46. The van der Waals surface area contributed by atoms with Gasteiger partial charge in [0.15, 0.2) is 23.1 Å². The molecule has 3 N–H and O–H groups in total. The van der Waals surface area contributed by atoms with E-state index in [2.05, 4.69) is 4.65 Å². The van der Waals surface area contributed by atoms with Gasteiger partial charge in [0.25, 0.3) is 0 Å². The summed E-state index contributed by atoms with van der Waals surface area (Å²) in [5, 5.41) is 8.95. The summed E-state index contributed by atoms with van der Waals surface area (Å²) >= 11 is 0. The Morgan fingerprint density at radius 1 is 0.904 bits per heavy atom. The Morgan fingerprint density at radius 3 is 2.02 bits per heavy atom. The molecule has 2 aromatic carbocycles. The van der Waals surface area contributed by atoms with Crippen molar-refractivity contribution >= 4 is 46.9 Å². The minimum Gasteiger partial charge on any atom is -0.487 e. The number of carbonyl (C=O) groups is 2. The molecule has 12 nitrogen and oxygen atoms in total. The second-order valence-electron chi connectivity index (χ2n) is 13.4. The second-order valence-corrected chi connectivity index (χ2v) is 13.4. The van der Waals surface area contributed by atoms with Crippen molar-refractivity contribution in [3.8, 4) is 11.5 Å². The van der Waals surface area contributed by atoms with Crippen LogP contribution in [0.15, 0.2) is 34.1 Å². The van der Waals surface area contributed by atoms with Crippen LogP contribution in [0.4, 0.5) is 31.9 Å². The molecule has 2 aromatic heterocycles. The van der Waals surface area contributed by atoms with Crippen LogP contribution in [0.5, 0.6) is 11.5 Å². The molecule has 1 aliphatic carbocycles. The normalized spacial score (nSPS) is 22.3. The van der Waals surface area contributed by atoms with Crippen LogP contribution in [0.1, 0.15) is 59.5 Å². The van der Waals surface area contributed by atoms with E-state index in [9.17, 15) is 46.1 Å². The monoisotopic (exact) mass is 734 g/mol. The maximum absolute atomic E-state index is 15.2. The largest absolute Gasteiger partial charge is 0.798 e. The van der Waals surface area contributed by atoms with Crippen molar-refractivity contribution in [1.82, 2.24) is 9.13 Å². The summed E-state index contributed by atoms with van der Waals surface area (Å²) in [7, 11) is -3.40. The van der Waals surface area contributed by atoms with Gasteiger partial charge in [-0.25, -0.2) is 31.4 Å². The molecule has 19 heteroatoms. The number of pyridine rings is 2. The lowest BCUT2D eigenvalue weighted by atomic mass is 9.96. The number of halogens is 6. The van der Waals surface area contributed by atoms with Gasteiger partial charge in [0.05, 0.1) is 33.9 Å². The number of carbonyl (C=O) groups excluding carboxylic acids is 1. The zero-order valence-electron chi connectivity index (χ0n) is 27.4. The third kappa shape index (κ3) is 5.61. The van der Waals surface area contributed by atoms with E-state index >= 15 is 4.39 Å². The summed E-state index contributed by atoms with van der Waals surface area (Å²) in [6, 6.07) is 0.958. The molecule has 4 aromatic rings. The molecule has 0 bridgehead atoms. The lowest BCUT2D eigenvalue weighted by molar-refractivity contribution is 0.0682. The van der Waals surface area contributed by atoms with Crippen LogP contribution in [0.25, 0.3) is 21.8 Å². The number of aromatic carboxylic acids is 1. The summed E-state index contributed by atoms with van der Waals surface area (Å²) in [6.07, 6.45) is 2.59. The summed E-state index contributed by atoms with van der Waals surface area (Å²) in [5.74, 6) is -6.94. The van der Waals surface area contributed by atoms with E-state index in [4.69, 9.17) is 15.2 Å². The number of ether oxygens (including phenoxy) is 2. The van der Waals surface area contributed by atoms with Gasteiger partial charge in [-0.3, -0.25) is 9.59 Å². The van der Waals surface area contributed by atoms with Crippen molar-refractivity contribution in [2.75, 3.05) is 31.2 Å². The Bertz CT molecular complexity index is 2320. The SMILES string of the molecule is C[C@H]1COc2c(F)c(F)cc3c(=O)c(C(=O)OB(F)F)cn1c23.C[C@H]1COc2c(N3C[C@H](F)[C@@H](C4(N)CC4)C3)c(F)cc3c(=O)c(C(=O)O)cn1c23. The zero-order chi connectivity index (χ0) is 37.5. The molecule has 0 radical (unpaired) electrons. The van der Waals surface area contributed by atoms with Gasteiger partial charge in [-0.1, -0.05) is 0 Å². The Labute approximate surface area is 289 Å². The van der Waals surface area contributed by atoms with E-state index in [1.807, 2.05) is 6.92 Å². The third-order valence-electron chi connectivity index (χ3n) is 10.0. The molecule has 0 amide bonds. The highest BCUT2D eigenvalue weighted by atomic mass is 19.2. The minimum atomic E-state index is -3.40. The quantitative estimate of drug-likeness (QED) is 0.223. The van der Waals surface area contributed by atoms with Crippen molar-refractivity contribution in [3.05, 3.63) is 73.6 Å². The number of hydrogen-bond acceptors (Lipinski definition) is 9. The lowest BCUT2D eigenvalue weighted by Crippen LogP contribution is -2.38. The summed E-state index contributed by atoms with van der Waals surface area (Å²) in [4.78, 5) is 49.6. The van der Waals surface area contributed by atoms with Crippen LogP contribution < -0.4 is 31.0 Å². The van der Waals surface area contributed by atoms with E-state index < -0.39 is 82.3 Å². The van der Waals surface area contributed by atoms with Gasteiger partial charge < -0.3 is 39.0 Å². The average molecular weight is 734 g/mol. The van der Waals surface area contributed by atoms with E-state index in [1.54, 1.807) is 16.4 Å². The first kappa shape index (κ1) is 35.2. The van der Waals surface area contributed by atoms with Gasteiger partial charge in [-0.2, -0.15) is 4.39 Å². The van der Waals surface area contributed by atoms with Crippen LogP contribution >= 0.6 is 0 Å². The Morgan fingerprint density at radius 2 is 1.44 bits per heavy atom. The van der Waals surface area contributed by atoms with E-state index in [0.29, 0.717) is 11.6 Å². The minimum absolute atomic E-state index is 0.00456. The number of nitrogens with zero attached hydrogens (tertiary/aromatic N) is 3. The molecule has 8 rings (SSSR count). The first-order valence-electron chi connectivity index (χ1n) is 16.2. The number of carboxylic acids is 1. The molecule has 5 heterocycles. The lowest BCUT2D eigenvalue weighted by Gasteiger charge is -2.31. The van der Waals surface area contributed by atoms with Crippen molar-refractivity contribution in [2.24, 2.45) is 11.7 Å². The standard InChI is InChI=1S/C20H21F2N3O4.C13H8BF4NO4/c1-9-8-29-18-15-10(17(26)11(19(27)28)5-25(9)15)4-13(21)16(18)24-6-12(14(22)7-24)20(23)2-3-20;1-5-4-22-12-9(16)8(15)2-6-10(12)19(5)3-7(11(6)20)13(21)23-14(17)18/h4-5,9,12,14H,2-3,6-8,23H2,1H3,(H,27,28);2-3,5H,4H2,1H3/t9-,12-,14-;5-/m00/s1. The molecule has 274 valence electrons. The van der Waals surface area contributed by atoms with Crippen molar-refractivity contribution in [2.45, 2.75) is 50.5 Å². The van der Waals surface area contributed by atoms with Gasteiger partial charge in [-0.05, 0) is 38.8 Å². The van der Waals surface area contributed by atoms with Crippen molar-refractivity contribution in [3.63, 3.8) is 0 Å². The predicted molar refractivity (Wildman–Crippen MR) is 174 cm³/mol. The molecule has 4 aliphatic rings. The fourth-order valence-electron chi connectivity index (χ4n) is 7.15. The van der Waals surface area contributed by atoms with Crippen molar-refractivity contribution in [1.29, 1.82) is 0 Å². The maximum atomic E-state index is 15.2. The predicted octanol–water partition coefficient (Wildman–Crippen LogP) is 4.37. The highest BCUT2D eigenvalue weighted by molar-refractivity contribution is 6.38. The number of nitrogens with two attached hydrogens (primary N) is 1. The summed E-state index contributed by atoms with van der Waals surface area (Å²) in [6.45, 7) is 3.85. The molecule has 1 saturated heterocycles. The number of benzene rings is 2. The molecule has 3 aliphatic heterocycles. The van der Waals surface area contributed by atoms with Gasteiger partial charge in [0.2, 0.25) is 16.7 Å². The van der Waals surface area contributed by atoms with Gasteiger partial charge in [0, 0.05) is 36.9 Å². The molecule has 2 fully saturated rings. The highest BCUT2D eigenvalue weighted by Gasteiger charge is 2.53. The number of hydrogen-bond donors (Lipinski definition) is 2. The molecular weight excluding hydrogens is 705 g/mol. The van der Waals surface area contributed by atoms with Crippen LogP contribution in [0, 0.1) is 23.4 Å². The van der Waals surface area contributed by atoms with Gasteiger partial charge in [-0.15, -0.1) is 0 Å². The molecule has 52 heavy (non-hydrogen) atoms. The smallest absolute Gasteiger partial charge is 0.487 e. The molecular formula is C33H29BF6N4O8. The van der Waals surface area contributed by atoms with Crippen molar-refractivity contribution < 1.29 is 55.0 Å². The Balaban J connectivity index is 0.000000167. The van der Waals surface area contributed by atoms with Crippen LogP contribution in [-0.2, 0) is 4.65 Å². The number of alkyl halides is 1. The molecule has 0 spiro atoms. The average Bonchev–Trinajstić information content (AvgIpc) is 3.71. The summed E-state index contributed by atoms with van der Waals surface area (Å²) in [5.41, 5.74) is 3.15. The highest BCUT2D eigenvalue weighted by Crippen LogP contribution is 2.49. The Hall–Kier alpha value is -5.20. The maximum Gasteiger partial charge on any atom is 0.798 e. The number of aromatic nitrogens is 2. The van der Waals surface area contributed by atoms with Crippen LogP contribution in [0.3, 0.4) is 0 Å². The topological polar surface area (TPSA) is 155 Å². The first-order chi connectivity index (χ1) is 24.5. The van der Waals surface area contributed by atoms with Gasteiger partial charge in [0.1, 0.15) is 36.2 Å². The number of anilines is 1. The van der Waals surface area contributed by atoms with Crippen LogP contribution in [-0.4, -0.2) is 71.7 Å². The van der Waals surface area contributed by atoms with E-state index in [0.717, 1.165) is 25.1 Å². The van der Waals surface area contributed by atoms with Gasteiger partial charge >= 0.3 is 19.4 Å². The zero-order valence-corrected chi connectivity index (χ0v) is 27.4. The van der Waals surface area contributed by atoms with E-state index in [-0.39, 0.29) is 66.0 Å². The number of rotatable bonds is 5. The fourth-order valence-corrected chi connectivity index (χ4v) is 7.15. The molecule has 1 saturated carbocycles. The van der Waals surface area contributed by atoms with Crippen LogP contribution in [0.2, 0.25) is 0 Å². The second kappa shape index (κ2) is 12.5. The van der Waals surface area contributed by atoms with E-state index in [1.165, 1.54) is 10.8 Å². The number of carboxylic acid groups (broad SMARTS) is 1.